The predicted molar refractivity (Wildman–Crippen MR) is 85.3 cm³/mol. The lowest BCUT2D eigenvalue weighted by molar-refractivity contribution is -0.00000456. The SMILES string of the molecule is COc1ccc2ccccc2c1CNCc1ccccn1.[Cl-]. The van der Waals surface area contributed by atoms with Gasteiger partial charge in [-0.3, -0.25) is 4.98 Å². The van der Waals surface area contributed by atoms with E-state index in [-0.39, 0.29) is 12.4 Å². The highest BCUT2D eigenvalue weighted by Crippen LogP contribution is 2.27. The first kappa shape index (κ1) is 16.3. The summed E-state index contributed by atoms with van der Waals surface area (Å²) in [5.41, 5.74) is 2.23. The summed E-state index contributed by atoms with van der Waals surface area (Å²) in [5.74, 6) is 0.919. The number of aromatic nitrogens is 1. The Balaban J connectivity index is 0.00000176. The molecule has 1 heterocycles. The molecular formula is C18H18ClN2O-. The van der Waals surface area contributed by atoms with E-state index in [1.54, 1.807) is 7.11 Å². The first-order valence-electron chi connectivity index (χ1n) is 7.04. The third-order valence-corrected chi connectivity index (χ3v) is 3.55. The second-order valence-corrected chi connectivity index (χ2v) is 4.89. The molecule has 0 saturated carbocycles. The van der Waals surface area contributed by atoms with Crippen molar-refractivity contribution >= 4 is 10.8 Å². The summed E-state index contributed by atoms with van der Waals surface area (Å²) in [7, 11) is 1.71. The minimum atomic E-state index is 0. The molecule has 0 aliphatic rings. The summed E-state index contributed by atoms with van der Waals surface area (Å²) in [6.07, 6.45) is 1.81. The molecule has 22 heavy (non-hydrogen) atoms. The average Bonchev–Trinajstić information content (AvgIpc) is 2.56. The molecule has 1 N–H and O–H groups in total. The number of hydrogen-bond acceptors (Lipinski definition) is 3. The second-order valence-electron chi connectivity index (χ2n) is 4.89. The van der Waals surface area contributed by atoms with Crippen molar-refractivity contribution in [3.05, 3.63) is 72.1 Å². The summed E-state index contributed by atoms with van der Waals surface area (Å²) in [5, 5.41) is 5.90. The van der Waals surface area contributed by atoms with Crippen molar-refractivity contribution in [1.29, 1.82) is 0 Å². The second kappa shape index (κ2) is 7.78. The number of nitrogens with zero attached hydrogens (tertiary/aromatic N) is 1. The summed E-state index contributed by atoms with van der Waals surface area (Å²) in [6, 6.07) is 18.4. The van der Waals surface area contributed by atoms with Crippen LogP contribution in [-0.2, 0) is 13.1 Å². The standard InChI is InChI=1S/C18H18N2O.ClH/c1-21-18-10-9-14-6-2-3-8-16(14)17(18)13-19-12-15-7-4-5-11-20-15;/h2-11,19H,12-13H2,1H3;1H/p-1. The Bertz CT molecular complexity index is 731. The Morgan fingerprint density at radius 2 is 1.77 bits per heavy atom. The summed E-state index contributed by atoms with van der Waals surface area (Å²) in [6.45, 7) is 1.49. The molecule has 0 spiro atoms. The van der Waals surface area contributed by atoms with Crippen LogP contribution in [0, 0.1) is 0 Å². The first-order valence-corrected chi connectivity index (χ1v) is 7.04. The molecule has 3 aromatic rings. The van der Waals surface area contributed by atoms with Crippen LogP contribution in [0.15, 0.2) is 60.8 Å². The van der Waals surface area contributed by atoms with Gasteiger partial charge in [0.2, 0.25) is 0 Å². The van der Waals surface area contributed by atoms with E-state index in [2.05, 4.69) is 40.6 Å². The third-order valence-electron chi connectivity index (χ3n) is 3.55. The maximum Gasteiger partial charge on any atom is 0.123 e. The largest absolute Gasteiger partial charge is 1.00 e. The molecule has 0 atom stereocenters. The predicted octanol–water partition coefficient (Wildman–Crippen LogP) is 0.537. The number of ether oxygens (including phenoxy) is 1. The number of rotatable bonds is 5. The van der Waals surface area contributed by atoms with Crippen molar-refractivity contribution in [2.45, 2.75) is 13.1 Å². The molecule has 3 rings (SSSR count). The maximum absolute atomic E-state index is 5.50. The average molecular weight is 314 g/mol. The van der Waals surface area contributed by atoms with Gasteiger partial charge in [0.1, 0.15) is 5.75 Å². The Morgan fingerprint density at radius 3 is 2.55 bits per heavy atom. The number of nitrogens with one attached hydrogen (secondary N) is 1. The smallest absolute Gasteiger partial charge is 0.123 e. The van der Waals surface area contributed by atoms with Crippen molar-refractivity contribution < 1.29 is 17.1 Å². The number of pyridine rings is 1. The quantitative estimate of drug-likeness (QED) is 0.746. The fourth-order valence-corrected chi connectivity index (χ4v) is 2.51. The van der Waals surface area contributed by atoms with Crippen molar-refractivity contribution in [3.8, 4) is 5.75 Å². The van der Waals surface area contributed by atoms with Gasteiger partial charge in [0.15, 0.2) is 0 Å². The molecule has 0 aliphatic heterocycles. The normalized spacial score (nSPS) is 10.2. The number of hydrogen-bond donors (Lipinski definition) is 1. The van der Waals surface area contributed by atoms with Gasteiger partial charge in [-0.15, -0.1) is 0 Å². The zero-order valence-corrected chi connectivity index (χ0v) is 13.2. The first-order chi connectivity index (χ1) is 10.4. The van der Waals surface area contributed by atoms with Crippen LogP contribution >= 0.6 is 0 Å². The molecule has 0 saturated heterocycles. The lowest BCUT2D eigenvalue weighted by atomic mass is 10.0. The van der Waals surface area contributed by atoms with Crippen LogP contribution in [0.4, 0.5) is 0 Å². The van der Waals surface area contributed by atoms with E-state index in [1.165, 1.54) is 16.3 Å². The molecule has 2 aromatic carbocycles. The molecule has 0 unspecified atom stereocenters. The van der Waals surface area contributed by atoms with Crippen molar-refractivity contribution in [3.63, 3.8) is 0 Å². The zero-order valence-electron chi connectivity index (χ0n) is 12.4. The van der Waals surface area contributed by atoms with Gasteiger partial charge in [-0.1, -0.05) is 36.4 Å². The molecule has 0 radical (unpaired) electrons. The Hall–Kier alpha value is -2.10. The van der Waals surface area contributed by atoms with Crippen LogP contribution < -0.4 is 22.5 Å². The van der Waals surface area contributed by atoms with Crippen LogP contribution in [0.2, 0.25) is 0 Å². The Kier molecular flexibility index (Phi) is 5.75. The topological polar surface area (TPSA) is 34.1 Å². The van der Waals surface area contributed by atoms with E-state index in [0.717, 1.165) is 24.5 Å². The van der Waals surface area contributed by atoms with Gasteiger partial charge < -0.3 is 22.5 Å². The van der Waals surface area contributed by atoms with E-state index < -0.39 is 0 Å². The maximum atomic E-state index is 5.50. The Labute approximate surface area is 136 Å². The lowest BCUT2D eigenvalue weighted by Gasteiger charge is -2.13. The number of halogens is 1. The highest BCUT2D eigenvalue weighted by atomic mass is 35.5. The van der Waals surface area contributed by atoms with Gasteiger partial charge in [-0.05, 0) is 29.0 Å². The van der Waals surface area contributed by atoms with E-state index in [0.29, 0.717) is 0 Å². The van der Waals surface area contributed by atoms with Gasteiger partial charge in [-0.25, -0.2) is 0 Å². The highest BCUT2D eigenvalue weighted by Gasteiger charge is 2.07. The van der Waals surface area contributed by atoms with Crippen molar-refractivity contribution in [2.75, 3.05) is 7.11 Å². The van der Waals surface area contributed by atoms with Crippen LogP contribution in [0.1, 0.15) is 11.3 Å². The van der Waals surface area contributed by atoms with Crippen LogP contribution in [-0.4, -0.2) is 12.1 Å². The molecule has 0 aliphatic carbocycles. The molecule has 0 fully saturated rings. The molecule has 3 nitrogen and oxygen atoms in total. The third kappa shape index (κ3) is 3.56. The van der Waals surface area contributed by atoms with Crippen molar-refractivity contribution in [2.24, 2.45) is 0 Å². The van der Waals surface area contributed by atoms with Crippen LogP contribution in [0.5, 0.6) is 5.75 Å². The zero-order chi connectivity index (χ0) is 14.5. The van der Waals surface area contributed by atoms with Gasteiger partial charge in [0, 0.05) is 24.8 Å². The molecular weight excluding hydrogens is 296 g/mol. The molecule has 4 heteroatoms. The fraction of sp³-hybridized carbons (Fsp3) is 0.167. The monoisotopic (exact) mass is 313 g/mol. The summed E-state index contributed by atoms with van der Waals surface area (Å²) in [4.78, 5) is 4.32. The number of fused-ring (bicyclic) bond motifs is 1. The Morgan fingerprint density at radius 1 is 0.955 bits per heavy atom. The van der Waals surface area contributed by atoms with E-state index >= 15 is 0 Å². The van der Waals surface area contributed by atoms with Gasteiger partial charge in [-0.2, -0.15) is 0 Å². The van der Waals surface area contributed by atoms with Crippen LogP contribution in [0.3, 0.4) is 0 Å². The van der Waals surface area contributed by atoms with Gasteiger partial charge in [0.05, 0.1) is 12.8 Å². The molecule has 0 bridgehead atoms. The van der Waals surface area contributed by atoms with Crippen molar-refractivity contribution in [1.82, 2.24) is 10.3 Å². The molecule has 114 valence electrons. The minimum Gasteiger partial charge on any atom is -1.00 e. The van der Waals surface area contributed by atoms with E-state index in [9.17, 15) is 0 Å². The highest BCUT2D eigenvalue weighted by molar-refractivity contribution is 5.87. The van der Waals surface area contributed by atoms with Gasteiger partial charge >= 0.3 is 0 Å². The fourth-order valence-electron chi connectivity index (χ4n) is 2.51. The summed E-state index contributed by atoms with van der Waals surface area (Å²) < 4.78 is 5.50. The lowest BCUT2D eigenvalue weighted by Crippen LogP contribution is -3.00. The molecule has 0 amide bonds. The van der Waals surface area contributed by atoms with Gasteiger partial charge in [0.25, 0.3) is 0 Å². The van der Waals surface area contributed by atoms with E-state index in [4.69, 9.17) is 4.74 Å². The number of methoxy groups -OCH3 is 1. The minimum absolute atomic E-state index is 0. The summed E-state index contributed by atoms with van der Waals surface area (Å²) >= 11 is 0. The number of benzene rings is 2. The molecule has 1 aromatic heterocycles. The van der Waals surface area contributed by atoms with E-state index in [1.807, 2.05) is 30.5 Å². The van der Waals surface area contributed by atoms with Crippen LogP contribution in [0.25, 0.3) is 10.8 Å².